The Bertz CT molecular complexity index is 2200. The van der Waals surface area contributed by atoms with Crippen LogP contribution in [0.4, 0.5) is 8.78 Å². The SMILES string of the molecule is C.C.C.C.C.C.CC(C)N1CCC(C)(C)C1.CC(C)N1CCC(F)(F)C1.CC(C)N1CCCC1.CC(C)N1CCCC1(C)C.CC(C)N1CCC[C@@H]1C.CC(C)N1CCC[C@H]1C.CC(C)N1CC[C@@H](C)C1.CC(C)N1CC[C@@H](C)C1.CC(C)N1CC[C@@H](C)C1.CC(C)N1CC[C@H](C)C1.CC(C)N1CC[C@H](C)C1.CC(C)N1CC[C@H](C)C1.CC(C)N1C[C@H](C)[C@@H](C)C1. The van der Waals surface area contributed by atoms with Gasteiger partial charge in [-0.25, -0.2) is 8.78 Å². The number of halogens is 2. The van der Waals surface area contributed by atoms with Gasteiger partial charge in [-0.15, -0.1) is 0 Å². The van der Waals surface area contributed by atoms with E-state index in [0.717, 1.165) is 132 Å². The molecule has 768 valence electrons. The predicted octanol–water partition coefficient (Wildman–Crippen LogP) is 27.6. The molecule has 13 saturated heterocycles. The predicted molar refractivity (Wildman–Crippen MR) is 572 cm³/mol. The fraction of sp³-hybridized carbons (Fsp3) is 1.00. The van der Waals surface area contributed by atoms with E-state index < -0.39 is 5.92 Å². The Balaban J connectivity index is -0.000000308. The van der Waals surface area contributed by atoms with Crippen LogP contribution in [0.15, 0.2) is 0 Å². The van der Waals surface area contributed by atoms with Crippen molar-refractivity contribution in [3.63, 3.8) is 0 Å². The summed E-state index contributed by atoms with van der Waals surface area (Å²) in [4.78, 5) is 32.5. The third-order valence-electron chi connectivity index (χ3n) is 29.2. The molecule has 0 N–H and O–H groups in total. The molecule has 0 saturated carbocycles. The summed E-state index contributed by atoms with van der Waals surface area (Å²) in [6, 6.07) is 11.0. The number of alkyl halides is 2. The summed E-state index contributed by atoms with van der Waals surface area (Å²) in [5, 5.41) is 0. The van der Waals surface area contributed by atoms with Crippen molar-refractivity contribution in [1.29, 1.82) is 0 Å². The van der Waals surface area contributed by atoms with Gasteiger partial charge in [0.05, 0.1) is 6.54 Å². The molecule has 126 heavy (non-hydrogen) atoms. The maximum absolute atomic E-state index is 12.5. The standard InChI is InChI=1S/3C9H19N.8C8H17N.C7H13F2N.C7H15N.6CH4/c1-7(2)10-5-8(3)9(4)6-10;1-8(2)10-6-5-9(3,4)7-10;1-8(2)10-7-5-6-9(10,3)4;6*1-7(2)9-5-4-8(3)6-9;2*1-7(2)9-6-4-5-8(9)3;1-6(2)10-4-3-7(8,9)5-10;1-7(2)8-5-3-4-6-8;;;;;;/h7-9H,5-6H2,1-4H3;2*8H,5-7H2,1-4H3;8*7-8H,4-6H2,1-3H3;6H,3-5H2,1-2H3;7H,3-6H2,1-2H3;6*1H4/t8-,9-;;;8*8-;;;;;;;;/m0..11100010......../s1. The number of nitrogens with zero attached hydrogens (tertiary/aromatic N) is 13. The number of hydrogen-bond acceptors (Lipinski definition) is 13. The van der Waals surface area contributed by atoms with Crippen molar-refractivity contribution < 1.29 is 8.78 Å². The van der Waals surface area contributed by atoms with Crippen molar-refractivity contribution in [3.05, 3.63) is 0 Å². The van der Waals surface area contributed by atoms with E-state index in [-0.39, 0.29) is 63.6 Å². The first kappa shape index (κ1) is 136. The lowest BCUT2D eigenvalue weighted by atomic mass is 9.93. The van der Waals surface area contributed by atoms with Crippen LogP contribution in [0.5, 0.6) is 0 Å². The van der Waals surface area contributed by atoms with Gasteiger partial charge in [-0.1, -0.05) is 114 Å². The van der Waals surface area contributed by atoms with E-state index in [1.54, 1.807) is 4.90 Å². The Morgan fingerprint density at radius 1 is 0.222 bits per heavy atom. The van der Waals surface area contributed by atoms with E-state index >= 15 is 0 Å². The highest BCUT2D eigenvalue weighted by Gasteiger charge is 2.39. The van der Waals surface area contributed by atoms with Gasteiger partial charge in [0.25, 0.3) is 5.92 Å². The van der Waals surface area contributed by atoms with Crippen molar-refractivity contribution in [1.82, 2.24) is 63.7 Å². The van der Waals surface area contributed by atoms with Gasteiger partial charge in [0.1, 0.15) is 0 Å². The van der Waals surface area contributed by atoms with E-state index in [9.17, 15) is 8.78 Å². The molecule has 13 heterocycles. The number of likely N-dealkylation sites (tertiary alicyclic amines) is 13. The second kappa shape index (κ2) is 70.0. The van der Waals surface area contributed by atoms with Crippen molar-refractivity contribution in [3.8, 4) is 0 Å². The molecule has 0 aliphatic carbocycles. The summed E-state index contributed by atoms with van der Waals surface area (Å²) in [6.07, 6.45) is 21.0. The highest BCUT2D eigenvalue weighted by Crippen LogP contribution is 2.33. The van der Waals surface area contributed by atoms with Gasteiger partial charge in [0, 0.05) is 168 Å². The van der Waals surface area contributed by atoms with E-state index in [1.807, 2.05) is 13.8 Å². The molecule has 0 spiro atoms. The molecule has 0 bridgehead atoms. The molecule has 0 radical (unpaired) electrons. The second-order valence-corrected chi connectivity index (χ2v) is 46.2. The van der Waals surface area contributed by atoms with E-state index in [2.05, 4.69) is 322 Å². The quantitative estimate of drug-likeness (QED) is 0.176. The van der Waals surface area contributed by atoms with Gasteiger partial charge < -0.3 is 44.1 Å². The zero-order valence-electron chi connectivity index (χ0n) is 88.9. The lowest BCUT2D eigenvalue weighted by Gasteiger charge is -2.34. The average Bonchev–Trinajstić information content (AvgIpc) is 1.71. The second-order valence-electron chi connectivity index (χ2n) is 46.2. The Morgan fingerprint density at radius 2 is 0.476 bits per heavy atom. The van der Waals surface area contributed by atoms with Crippen LogP contribution in [-0.2, 0) is 0 Å². The molecule has 0 amide bonds. The summed E-state index contributed by atoms with van der Waals surface area (Å²) >= 11 is 0. The highest BCUT2D eigenvalue weighted by molar-refractivity contribution is 4.91. The van der Waals surface area contributed by atoms with E-state index in [1.165, 1.54) is 234 Å². The first-order chi connectivity index (χ1) is 55.6. The largest absolute Gasteiger partial charge is 0.301 e. The van der Waals surface area contributed by atoms with Gasteiger partial charge >= 0.3 is 0 Å². The molecule has 0 unspecified atom stereocenters. The molecule has 0 aromatic carbocycles. The van der Waals surface area contributed by atoms with Crippen molar-refractivity contribution >= 4 is 0 Å². The topological polar surface area (TPSA) is 42.1 Å². The molecule has 15 heteroatoms. The maximum Gasteiger partial charge on any atom is 0.261 e. The van der Waals surface area contributed by atoms with Crippen LogP contribution in [0.1, 0.15) is 424 Å². The zero-order chi connectivity index (χ0) is 91.9. The Kier molecular flexibility index (Phi) is 75.6. The summed E-state index contributed by atoms with van der Waals surface area (Å²) in [6.45, 7) is 119. The van der Waals surface area contributed by atoms with Gasteiger partial charge in [0.15, 0.2) is 0 Å². The van der Waals surface area contributed by atoms with Crippen LogP contribution >= 0.6 is 0 Å². The van der Waals surface area contributed by atoms with E-state index in [4.69, 9.17) is 0 Å². The smallest absolute Gasteiger partial charge is 0.261 e. The third kappa shape index (κ3) is 57.4. The van der Waals surface area contributed by atoms with Crippen LogP contribution in [0, 0.1) is 52.8 Å². The minimum Gasteiger partial charge on any atom is -0.301 e. The number of hydrogen-bond donors (Lipinski definition) is 0. The molecule has 13 aliphatic rings. The highest BCUT2D eigenvalue weighted by atomic mass is 19.3. The lowest BCUT2D eigenvalue weighted by molar-refractivity contribution is 0.00919. The maximum atomic E-state index is 12.5. The molecule has 0 aromatic heterocycles. The molecule has 13 fully saturated rings. The number of rotatable bonds is 13. The van der Waals surface area contributed by atoms with Crippen LogP contribution < -0.4 is 0 Å². The normalized spacial score (nSPS) is 27.6. The molecule has 13 rings (SSSR count). The molecule has 0 aromatic rings. The summed E-state index contributed by atoms with van der Waals surface area (Å²) in [5.41, 5.74) is 1.04. The first-order valence-electron chi connectivity index (χ1n) is 51.7. The van der Waals surface area contributed by atoms with Crippen LogP contribution in [0.2, 0.25) is 0 Å². The summed E-state index contributed by atoms with van der Waals surface area (Å²) < 4.78 is 25.0. The summed E-state index contributed by atoms with van der Waals surface area (Å²) in [7, 11) is 0. The molecule has 13 nitrogen and oxygen atoms in total. The van der Waals surface area contributed by atoms with E-state index in [0.29, 0.717) is 17.5 Å². The van der Waals surface area contributed by atoms with Gasteiger partial charge in [-0.3, -0.25) is 19.6 Å². The zero-order valence-corrected chi connectivity index (χ0v) is 88.9. The van der Waals surface area contributed by atoms with Crippen molar-refractivity contribution in [2.24, 2.45) is 52.8 Å². The minimum atomic E-state index is -2.43. The molecular formula is C111H245F2N13. The average molecular weight is 1800 g/mol. The Morgan fingerprint density at radius 3 is 0.587 bits per heavy atom. The van der Waals surface area contributed by atoms with Crippen molar-refractivity contribution in [2.45, 2.75) is 526 Å². The van der Waals surface area contributed by atoms with Gasteiger partial charge in [-0.05, 0) is 435 Å². The van der Waals surface area contributed by atoms with Crippen LogP contribution in [-0.4, -0.2) is 316 Å². The Labute approximate surface area is 797 Å². The minimum absolute atomic E-state index is 0. The summed E-state index contributed by atoms with van der Waals surface area (Å²) in [5.74, 6) is 5.01. The van der Waals surface area contributed by atoms with Gasteiger partial charge in [0.2, 0.25) is 0 Å². The fourth-order valence-corrected chi connectivity index (χ4v) is 19.8. The lowest BCUT2D eigenvalue weighted by Crippen LogP contribution is -2.42. The van der Waals surface area contributed by atoms with Crippen LogP contribution in [0.3, 0.4) is 0 Å². The van der Waals surface area contributed by atoms with Crippen molar-refractivity contribution in [2.75, 3.05) is 151 Å². The fourth-order valence-electron chi connectivity index (χ4n) is 19.8. The third-order valence-corrected chi connectivity index (χ3v) is 29.2. The van der Waals surface area contributed by atoms with Crippen LogP contribution in [0.25, 0.3) is 0 Å². The van der Waals surface area contributed by atoms with Gasteiger partial charge in [-0.2, -0.15) is 0 Å². The molecule has 10 atom stereocenters. The first-order valence-corrected chi connectivity index (χ1v) is 51.7. The monoisotopic (exact) mass is 1800 g/mol. The molecule has 13 aliphatic heterocycles. The molecular weight excluding hydrogens is 1550 g/mol. The Hall–Kier alpha value is -0.660.